The summed E-state index contributed by atoms with van der Waals surface area (Å²) in [5.74, 6) is 0. The number of hydrogen-bond donors (Lipinski definition) is 0. The molecule has 0 saturated carbocycles. The Labute approximate surface area is 217 Å². The molecule has 2 bridgehead atoms. The van der Waals surface area contributed by atoms with Crippen molar-refractivity contribution in [2.45, 2.75) is 94.9 Å². The van der Waals surface area contributed by atoms with E-state index in [9.17, 15) is 8.42 Å². The molecule has 6 rings (SSSR count). The van der Waals surface area contributed by atoms with Crippen molar-refractivity contribution in [2.24, 2.45) is 0 Å². The number of sulfonamides is 1. The second kappa shape index (κ2) is 15.3. The fourth-order valence-corrected chi connectivity index (χ4v) is 23.8. The Balaban J connectivity index is 0. The zero-order valence-electron chi connectivity index (χ0n) is 19.2. The number of rotatable bonds is 2. The van der Waals surface area contributed by atoms with Crippen LogP contribution in [0.2, 0.25) is 13.3 Å². The number of benzene rings is 2. The maximum absolute atomic E-state index is 13.4. The summed E-state index contributed by atoms with van der Waals surface area (Å²) in [5.41, 5.74) is 0.940. The summed E-state index contributed by atoms with van der Waals surface area (Å²) in [5, 5.41) is 1.99. The van der Waals surface area contributed by atoms with E-state index in [0.29, 0.717) is 4.90 Å². The van der Waals surface area contributed by atoms with Crippen molar-refractivity contribution >= 4 is 44.9 Å². The Morgan fingerprint density at radius 1 is 0.765 bits per heavy atom. The van der Waals surface area contributed by atoms with Crippen molar-refractivity contribution in [2.75, 3.05) is 28.5 Å². The number of hydrogen-bond acceptors (Lipinski definition) is 3. The molecule has 0 unspecified atom stereocenters. The van der Waals surface area contributed by atoms with E-state index < -0.39 is 28.4 Å². The molecule has 0 radical (unpaired) electrons. The van der Waals surface area contributed by atoms with Crippen LogP contribution < -0.4 is 4.31 Å². The Morgan fingerprint density at radius 2 is 1.24 bits per heavy atom. The van der Waals surface area contributed by atoms with Gasteiger partial charge in [0.15, 0.2) is 0 Å². The van der Waals surface area contributed by atoms with Crippen molar-refractivity contribution in [3.05, 3.63) is 36.4 Å². The molecule has 4 nitrogen and oxygen atoms in total. The van der Waals surface area contributed by atoms with Gasteiger partial charge >= 0.3 is 161 Å². The fraction of sp³-hybridized carbons (Fsp3) is 0.643. The van der Waals surface area contributed by atoms with Gasteiger partial charge in [0.25, 0.3) is 0 Å². The second-order valence-electron chi connectivity index (χ2n) is 8.30. The van der Waals surface area contributed by atoms with Gasteiger partial charge in [-0.1, -0.05) is 57.4 Å². The first-order valence-electron chi connectivity index (χ1n) is 11.9. The molecule has 0 aromatic heterocycles. The van der Waals surface area contributed by atoms with E-state index in [0.717, 1.165) is 21.0 Å². The van der Waals surface area contributed by atoms with Crippen LogP contribution in [-0.4, -0.2) is 55.9 Å². The molecule has 6 heteroatoms. The van der Waals surface area contributed by atoms with E-state index in [1.807, 2.05) is 62.3 Å². The maximum atomic E-state index is 13.4. The third-order valence-corrected chi connectivity index (χ3v) is 24.1. The third kappa shape index (κ3) is 6.70. The molecule has 0 N–H and O–H groups in total. The molecular formula is C28H54N2O2SSn. The first kappa shape index (κ1) is 35.4. The van der Waals surface area contributed by atoms with Crippen LogP contribution in [0, 0.1) is 0 Å². The van der Waals surface area contributed by atoms with Gasteiger partial charge in [-0.05, 0) is 0 Å². The van der Waals surface area contributed by atoms with Crippen LogP contribution in [0.15, 0.2) is 41.3 Å². The van der Waals surface area contributed by atoms with Crippen LogP contribution in [0.5, 0.6) is 0 Å². The summed E-state index contributed by atoms with van der Waals surface area (Å²) in [6.45, 7) is 11.7. The topological polar surface area (TPSA) is 40.6 Å². The predicted molar refractivity (Wildman–Crippen MR) is 159 cm³/mol. The molecule has 0 aliphatic carbocycles. The van der Waals surface area contributed by atoms with Gasteiger partial charge in [0.05, 0.1) is 0 Å². The van der Waals surface area contributed by atoms with Crippen molar-refractivity contribution in [3.63, 3.8) is 0 Å². The molecule has 3 saturated heterocycles. The van der Waals surface area contributed by atoms with Crippen LogP contribution >= 0.6 is 0 Å². The van der Waals surface area contributed by atoms with Crippen LogP contribution in [0.4, 0.5) is 5.69 Å². The van der Waals surface area contributed by atoms with Crippen LogP contribution in [0.25, 0.3) is 10.8 Å². The number of fused-ring (bicyclic) bond motifs is 6. The Morgan fingerprint density at radius 3 is 1.74 bits per heavy atom. The van der Waals surface area contributed by atoms with Crippen molar-refractivity contribution in [1.82, 2.24) is 4.90 Å². The molecule has 0 spiro atoms. The van der Waals surface area contributed by atoms with Crippen molar-refractivity contribution in [1.29, 1.82) is 0 Å². The SMILES string of the molecule is C.C.C.C.CC.CC.O=S1(=O)c2cccc3cccc(c23)N1[CH2][Sn]12[CH2]CCN(CC[CH2]1)CC[CH2]2. The van der Waals surface area contributed by atoms with Gasteiger partial charge in [0.2, 0.25) is 0 Å². The summed E-state index contributed by atoms with van der Waals surface area (Å²) in [4.78, 5) is 3.15. The molecule has 2 aromatic carbocycles. The van der Waals surface area contributed by atoms with Gasteiger partial charge < -0.3 is 0 Å². The van der Waals surface area contributed by atoms with Gasteiger partial charge in [-0.3, -0.25) is 0 Å². The predicted octanol–water partition coefficient (Wildman–Crippen LogP) is 8.43. The van der Waals surface area contributed by atoms with Crippen molar-refractivity contribution in [3.8, 4) is 0 Å². The summed E-state index contributed by atoms with van der Waals surface area (Å²) in [6.07, 6.45) is 3.84. The van der Waals surface area contributed by atoms with Crippen molar-refractivity contribution < 1.29 is 8.42 Å². The van der Waals surface area contributed by atoms with E-state index in [1.165, 1.54) is 52.2 Å². The average molecular weight is 602 g/mol. The van der Waals surface area contributed by atoms with E-state index in [-0.39, 0.29) is 29.7 Å². The van der Waals surface area contributed by atoms with Gasteiger partial charge in [0.1, 0.15) is 0 Å². The molecule has 0 amide bonds. The normalized spacial score (nSPS) is 23.4. The quantitative estimate of drug-likeness (QED) is 0.325. The molecule has 34 heavy (non-hydrogen) atoms. The molecule has 198 valence electrons. The van der Waals surface area contributed by atoms with Gasteiger partial charge in [-0.2, -0.15) is 0 Å². The Bertz CT molecular complexity index is 930. The standard InChI is InChI=1S/C11H8NO2S.C9H18N.2C2H6.4CH4.Sn/c1-12-9-6-2-4-8-5-3-7-10(11(8)9)15(12,13)14;1-4-7-10(8-5-2)9-6-3;2*1-2;;;;;/h2-7H,1H2;1-9H2;2*1-2H3;4*1H4;. The van der Waals surface area contributed by atoms with Gasteiger partial charge in [0, 0.05) is 0 Å². The first-order valence-corrected chi connectivity index (χ1v) is 21.4. The zero-order chi connectivity index (χ0) is 21.8. The molecule has 3 fully saturated rings. The minimum absolute atomic E-state index is 0. The summed E-state index contributed by atoms with van der Waals surface area (Å²) in [7, 11) is -3.39. The Hall–Kier alpha value is -0.791. The van der Waals surface area contributed by atoms with Crippen LogP contribution in [0.1, 0.15) is 76.7 Å². The molecule has 0 atom stereocenters. The minimum atomic E-state index is -3.39. The Kier molecular flexibility index (Phi) is 16.0. The van der Waals surface area contributed by atoms with Gasteiger partial charge in [-0.25, -0.2) is 0 Å². The molecule has 4 aliphatic rings. The summed E-state index contributed by atoms with van der Waals surface area (Å²) < 4.78 is 33.5. The van der Waals surface area contributed by atoms with E-state index in [2.05, 4.69) is 4.90 Å². The monoisotopic (exact) mass is 602 g/mol. The van der Waals surface area contributed by atoms with E-state index >= 15 is 0 Å². The molecule has 4 aliphatic heterocycles. The van der Waals surface area contributed by atoms with Crippen LogP contribution in [0.3, 0.4) is 0 Å². The van der Waals surface area contributed by atoms with Crippen LogP contribution in [-0.2, 0) is 10.0 Å². The molecular weight excluding hydrogens is 547 g/mol. The number of nitrogens with zero attached hydrogens (tertiary/aromatic N) is 2. The number of anilines is 1. The second-order valence-corrected chi connectivity index (χ2v) is 23.9. The van der Waals surface area contributed by atoms with E-state index in [4.69, 9.17) is 0 Å². The molecule has 4 heterocycles. The summed E-state index contributed by atoms with van der Waals surface area (Å²) in [6, 6.07) is 11.8. The third-order valence-electron chi connectivity index (χ3n) is 6.70. The average Bonchev–Trinajstić information content (AvgIpc) is 2.95. The summed E-state index contributed by atoms with van der Waals surface area (Å²) >= 11 is -2.51. The van der Waals surface area contributed by atoms with Gasteiger partial charge in [-0.15, -0.1) is 0 Å². The fourth-order valence-electron chi connectivity index (χ4n) is 5.41. The first-order chi connectivity index (χ1) is 14.6. The molecule has 2 aromatic rings. The van der Waals surface area contributed by atoms with E-state index in [1.54, 1.807) is 6.07 Å². The zero-order valence-corrected chi connectivity index (χ0v) is 22.8.